The predicted molar refractivity (Wildman–Crippen MR) is 78.0 cm³/mol. The molecule has 5 heteroatoms. The molecule has 0 bridgehead atoms. The molecule has 1 aromatic heterocycles. The van der Waals surface area contributed by atoms with Crippen LogP contribution in [0.1, 0.15) is 30.7 Å². The van der Waals surface area contributed by atoms with Gasteiger partial charge in [0.1, 0.15) is 12.4 Å². The third-order valence-electron chi connectivity index (χ3n) is 3.12. The molecule has 3 N–H and O–H groups in total. The Labute approximate surface area is 115 Å². The van der Waals surface area contributed by atoms with Crippen LogP contribution in [0.25, 0.3) is 0 Å². The molecule has 0 saturated heterocycles. The second-order valence-corrected chi connectivity index (χ2v) is 4.55. The van der Waals surface area contributed by atoms with Gasteiger partial charge in [-0.15, -0.1) is 0 Å². The Morgan fingerprint density at radius 2 is 2.00 bits per heavy atom. The molecule has 1 aromatic rings. The molecule has 0 unspecified atom stereocenters. The van der Waals surface area contributed by atoms with Crippen LogP contribution in [-0.2, 0) is 0 Å². The number of pyridine rings is 1. The number of hydrogen-bond acceptors (Lipinski definition) is 4. The minimum absolute atomic E-state index is 0.00263. The minimum Gasteiger partial charge on any atom is -0.476 e. The van der Waals surface area contributed by atoms with Gasteiger partial charge < -0.3 is 15.4 Å². The Balaban J connectivity index is 2.80. The quantitative estimate of drug-likeness (QED) is 0.580. The summed E-state index contributed by atoms with van der Waals surface area (Å²) >= 11 is 0. The van der Waals surface area contributed by atoms with Crippen LogP contribution in [0.15, 0.2) is 6.07 Å². The summed E-state index contributed by atoms with van der Waals surface area (Å²) in [6.45, 7) is 11.5. The highest BCUT2D eigenvalue weighted by Crippen LogP contribution is 2.20. The molecule has 0 aromatic carbocycles. The number of aryl methyl sites for hydroxylation is 2. The Morgan fingerprint density at radius 1 is 1.37 bits per heavy atom. The molecule has 1 heterocycles. The smallest absolute Gasteiger partial charge is 0.225 e. The zero-order chi connectivity index (χ0) is 14.4. The van der Waals surface area contributed by atoms with Gasteiger partial charge >= 0.3 is 0 Å². The van der Waals surface area contributed by atoms with Gasteiger partial charge in [0.25, 0.3) is 0 Å². The van der Waals surface area contributed by atoms with Crippen molar-refractivity contribution in [3.63, 3.8) is 0 Å². The van der Waals surface area contributed by atoms with Crippen molar-refractivity contribution in [2.75, 3.05) is 26.2 Å². The number of nitrogen functional groups attached to an aromatic ring is 1. The molecular weight excluding hydrogens is 240 g/mol. The van der Waals surface area contributed by atoms with Crippen LogP contribution in [0.2, 0.25) is 0 Å². The molecule has 0 atom stereocenters. The number of ether oxygens (including phenoxy) is 1. The van der Waals surface area contributed by atoms with Gasteiger partial charge in [-0.1, -0.05) is 13.8 Å². The summed E-state index contributed by atoms with van der Waals surface area (Å²) in [5.41, 5.74) is 8.01. The molecular formula is C14H24N4O. The fourth-order valence-electron chi connectivity index (χ4n) is 2.05. The number of likely N-dealkylation sites (N-methyl/N-ethyl adjacent to an activating group) is 1. The normalized spacial score (nSPS) is 10.8. The Hall–Kier alpha value is -1.62. The van der Waals surface area contributed by atoms with E-state index in [-0.39, 0.29) is 5.84 Å². The van der Waals surface area contributed by atoms with E-state index in [1.807, 2.05) is 19.9 Å². The molecule has 0 aliphatic heterocycles. The van der Waals surface area contributed by atoms with E-state index in [1.54, 1.807) is 0 Å². The number of nitrogens with zero attached hydrogens (tertiary/aromatic N) is 2. The molecule has 0 aliphatic carbocycles. The molecule has 0 saturated carbocycles. The van der Waals surface area contributed by atoms with Crippen molar-refractivity contribution in [1.82, 2.24) is 9.88 Å². The topological polar surface area (TPSA) is 75.2 Å². The van der Waals surface area contributed by atoms with E-state index in [0.717, 1.165) is 30.9 Å². The van der Waals surface area contributed by atoms with Crippen molar-refractivity contribution in [2.24, 2.45) is 5.73 Å². The Bertz CT molecular complexity index is 441. The van der Waals surface area contributed by atoms with Crippen molar-refractivity contribution in [3.8, 4) is 5.88 Å². The lowest BCUT2D eigenvalue weighted by Gasteiger charge is -2.19. The molecule has 106 valence electrons. The fourth-order valence-corrected chi connectivity index (χ4v) is 2.05. The molecule has 0 amide bonds. The average Bonchev–Trinajstić information content (AvgIpc) is 2.33. The largest absolute Gasteiger partial charge is 0.476 e. The lowest BCUT2D eigenvalue weighted by molar-refractivity contribution is 0.217. The highest BCUT2D eigenvalue weighted by atomic mass is 16.5. The highest BCUT2D eigenvalue weighted by molar-refractivity contribution is 5.98. The number of amidine groups is 1. The molecule has 0 aliphatic rings. The first-order valence-corrected chi connectivity index (χ1v) is 6.67. The maximum Gasteiger partial charge on any atom is 0.225 e. The first-order valence-electron chi connectivity index (χ1n) is 6.67. The van der Waals surface area contributed by atoms with E-state index in [9.17, 15) is 0 Å². The van der Waals surface area contributed by atoms with E-state index >= 15 is 0 Å². The molecule has 0 spiro atoms. The van der Waals surface area contributed by atoms with Gasteiger partial charge in [-0.05, 0) is 38.6 Å². The zero-order valence-electron chi connectivity index (χ0n) is 12.3. The maximum atomic E-state index is 7.63. The van der Waals surface area contributed by atoms with Crippen molar-refractivity contribution >= 4 is 5.84 Å². The average molecular weight is 264 g/mol. The number of nitrogens with two attached hydrogens (primary N) is 1. The van der Waals surface area contributed by atoms with Crippen LogP contribution >= 0.6 is 0 Å². The van der Waals surface area contributed by atoms with Gasteiger partial charge in [0.15, 0.2) is 0 Å². The van der Waals surface area contributed by atoms with Crippen LogP contribution < -0.4 is 10.5 Å². The van der Waals surface area contributed by atoms with Gasteiger partial charge in [0.2, 0.25) is 5.88 Å². The van der Waals surface area contributed by atoms with E-state index in [1.165, 1.54) is 0 Å². The van der Waals surface area contributed by atoms with Crippen molar-refractivity contribution in [1.29, 1.82) is 5.41 Å². The lowest BCUT2D eigenvalue weighted by Crippen LogP contribution is -2.28. The Morgan fingerprint density at radius 3 is 2.53 bits per heavy atom. The van der Waals surface area contributed by atoms with E-state index < -0.39 is 0 Å². The molecule has 19 heavy (non-hydrogen) atoms. The van der Waals surface area contributed by atoms with Crippen LogP contribution in [0, 0.1) is 19.3 Å². The van der Waals surface area contributed by atoms with Crippen LogP contribution in [0.3, 0.4) is 0 Å². The first-order chi connectivity index (χ1) is 8.99. The number of rotatable bonds is 7. The standard InChI is InChI=1S/C14H24N4O/c1-5-18(6-2)7-8-19-14-12(13(15)16)10(3)9-11(4)17-14/h9H,5-8H2,1-4H3,(H3,15,16). The summed E-state index contributed by atoms with van der Waals surface area (Å²) in [6, 6.07) is 1.91. The van der Waals surface area contributed by atoms with Gasteiger partial charge in [-0.2, -0.15) is 0 Å². The van der Waals surface area contributed by atoms with Crippen LogP contribution in [0.5, 0.6) is 5.88 Å². The fraction of sp³-hybridized carbons (Fsp3) is 0.571. The number of nitrogens with one attached hydrogen (secondary N) is 1. The second kappa shape index (κ2) is 7.09. The van der Waals surface area contributed by atoms with Crippen LogP contribution in [-0.4, -0.2) is 42.0 Å². The minimum atomic E-state index is 0.00263. The van der Waals surface area contributed by atoms with Gasteiger partial charge in [-0.3, -0.25) is 5.41 Å². The summed E-state index contributed by atoms with van der Waals surface area (Å²) in [7, 11) is 0. The van der Waals surface area contributed by atoms with Gasteiger partial charge in [0, 0.05) is 12.2 Å². The van der Waals surface area contributed by atoms with Crippen molar-refractivity contribution in [3.05, 3.63) is 22.9 Å². The van der Waals surface area contributed by atoms with Gasteiger partial charge in [0.05, 0.1) is 5.56 Å². The van der Waals surface area contributed by atoms with Gasteiger partial charge in [-0.25, -0.2) is 4.98 Å². The Kier molecular flexibility index (Phi) is 5.76. The second-order valence-electron chi connectivity index (χ2n) is 4.55. The number of hydrogen-bond donors (Lipinski definition) is 2. The predicted octanol–water partition coefficient (Wildman–Crippen LogP) is 1.70. The van der Waals surface area contributed by atoms with Crippen LogP contribution in [0.4, 0.5) is 0 Å². The summed E-state index contributed by atoms with van der Waals surface area (Å²) in [6.07, 6.45) is 0. The SMILES string of the molecule is CCN(CC)CCOc1nc(C)cc(C)c1C(=N)N. The third kappa shape index (κ3) is 4.21. The summed E-state index contributed by atoms with van der Waals surface area (Å²) in [4.78, 5) is 6.62. The van der Waals surface area contributed by atoms with Crippen molar-refractivity contribution < 1.29 is 4.74 Å². The summed E-state index contributed by atoms with van der Waals surface area (Å²) in [5, 5.41) is 7.63. The summed E-state index contributed by atoms with van der Waals surface area (Å²) in [5.74, 6) is 0.472. The number of aromatic nitrogens is 1. The summed E-state index contributed by atoms with van der Waals surface area (Å²) < 4.78 is 5.72. The van der Waals surface area contributed by atoms with E-state index in [0.29, 0.717) is 18.1 Å². The van der Waals surface area contributed by atoms with E-state index in [4.69, 9.17) is 15.9 Å². The molecule has 5 nitrogen and oxygen atoms in total. The molecule has 1 rings (SSSR count). The maximum absolute atomic E-state index is 7.63. The zero-order valence-corrected chi connectivity index (χ0v) is 12.3. The lowest BCUT2D eigenvalue weighted by atomic mass is 10.1. The molecule has 0 fully saturated rings. The van der Waals surface area contributed by atoms with E-state index in [2.05, 4.69) is 23.7 Å². The third-order valence-corrected chi connectivity index (χ3v) is 3.12. The highest BCUT2D eigenvalue weighted by Gasteiger charge is 2.13. The monoisotopic (exact) mass is 264 g/mol. The molecule has 0 radical (unpaired) electrons. The van der Waals surface area contributed by atoms with Crippen molar-refractivity contribution in [2.45, 2.75) is 27.7 Å². The first kappa shape index (κ1) is 15.4.